The second-order valence-electron chi connectivity index (χ2n) is 7.72. The fourth-order valence-corrected chi connectivity index (χ4v) is 3.52. The maximum atomic E-state index is 13.3. The van der Waals surface area contributed by atoms with Crippen molar-refractivity contribution in [3.63, 3.8) is 0 Å². The number of benzene rings is 2. The molecule has 0 bridgehead atoms. The standard InChI is InChI=1S/C24H26N2O4/c1-16(2)15-30-22-13-17(10-11-21(22)28-3)23-25-20-9-5-4-8-19(20)24(27)26(23)14-18-7-6-12-29-18/h4-13,16,23,25H,14-15H2,1-3H3/t23-/m0/s1. The number of furan rings is 1. The lowest BCUT2D eigenvalue weighted by Crippen LogP contribution is -2.42. The van der Waals surface area contributed by atoms with Crippen LogP contribution in [0.4, 0.5) is 5.69 Å². The highest BCUT2D eigenvalue weighted by Crippen LogP contribution is 2.37. The lowest BCUT2D eigenvalue weighted by molar-refractivity contribution is 0.0651. The van der Waals surface area contributed by atoms with E-state index in [1.165, 1.54) is 0 Å². The number of amides is 1. The van der Waals surface area contributed by atoms with Gasteiger partial charge in [-0.1, -0.05) is 32.0 Å². The second-order valence-corrected chi connectivity index (χ2v) is 7.72. The number of nitrogens with one attached hydrogen (secondary N) is 1. The Morgan fingerprint density at radius 2 is 1.93 bits per heavy atom. The quantitative estimate of drug-likeness (QED) is 0.592. The minimum absolute atomic E-state index is 0.0498. The van der Waals surface area contributed by atoms with Gasteiger partial charge in [0.15, 0.2) is 11.5 Å². The molecule has 0 unspecified atom stereocenters. The molecule has 0 aliphatic carbocycles. The maximum absolute atomic E-state index is 13.3. The van der Waals surface area contributed by atoms with Crippen molar-refractivity contribution in [1.82, 2.24) is 4.90 Å². The number of carbonyl (C=O) groups is 1. The van der Waals surface area contributed by atoms with E-state index in [-0.39, 0.29) is 12.1 Å². The Bertz CT molecular complexity index is 1010. The number of methoxy groups -OCH3 is 1. The predicted molar refractivity (Wildman–Crippen MR) is 115 cm³/mol. The van der Waals surface area contributed by atoms with Crippen molar-refractivity contribution in [2.75, 3.05) is 19.0 Å². The number of fused-ring (bicyclic) bond motifs is 1. The Labute approximate surface area is 176 Å². The van der Waals surface area contributed by atoms with Gasteiger partial charge in [0.05, 0.1) is 32.1 Å². The van der Waals surface area contributed by atoms with E-state index in [0.717, 1.165) is 17.0 Å². The molecule has 0 spiro atoms. The van der Waals surface area contributed by atoms with Crippen LogP contribution in [0.15, 0.2) is 65.3 Å². The van der Waals surface area contributed by atoms with E-state index < -0.39 is 0 Å². The molecule has 30 heavy (non-hydrogen) atoms. The van der Waals surface area contributed by atoms with Crippen LogP contribution in [0.25, 0.3) is 0 Å². The average Bonchev–Trinajstić information content (AvgIpc) is 3.27. The topological polar surface area (TPSA) is 63.9 Å². The van der Waals surface area contributed by atoms with E-state index in [1.807, 2.05) is 54.6 Å². The molecule has 6 nitrogen and oxygen atoms in total. The molecule has 2 heterocycles. The van der Waals surface area contributed by atoms with Gasteiger partial charge in [0.2, 0.25) is 0 Å². The Balaban J connectivity index is 1.72. The van der Waals surface area contributed by atoms with Crippen molar-refractivity contribution >= 4 is 11.6 Å². The first kappa shape index (κ1) is 19.9. The van der Waals surface area contributed by atoms with Crippen LogP contribution in [0.3, 0.4) is 0 Å². The first-order valence-corrected chi connectivity index (χ1v) is 10.1. The third-order valence-electron chi connectivity index (χ3n) is 5.00. The van der Waals surface area contributed by atoms with Gasteiger partial charge >= 0.3 is 0 Å². The van der Waals surface area contributed by atoms with Gasteiger partial charge in [0.25, 0.3) is 5.91 Å². The largest absolute Gasteiger partial charge is 0.493 e. The SMILES string of the molecule is COc1ccc([C@H]2Nc3ccccc3C(=O)N2Cc2ccco2)cc1OCC(C)C. The maximum Gasteiger partial charge on any atom is 0.258 e. The molecule has 3 aromatic rings. The number of nitrogens with zero attached hydrogens (tertiary/aromatic N) is 1. The van der Waals surface area contributed by atoms with Crippen LogP contribution in [-0.2, 0) is 6.54 Å². The lowest BCUT2D eigenvalue weighted by Gasteiger charge is -2.38. The zero-order chi connectivity index (χ0) is 21.1. The number of hydrogen-bond acceptors (Lipinski definition) is 5. The highest BCUT2D eigenvalue weighted by Gasteiger charge is 2.33. The van der Waals surface area contributed by atoms with E-state index in [4.69, 9.17) is 13.9 Å². The molecule has 1 aliphatic heterocycles. The van der Waals surface area contributed by atoms with Crippen LogP contribution in [0, 0.1) is 5.92 Å². The van der Waals surface area contributed by atoms with Gasteiger partial charge in [-0.3, -0.25) is 4.79 Å². The Hall–Kier alpha value is -3.41. The Morgan fingerprint density at radius 3 is 2.67 bits per heavy atom. The van der Waals surface area contributed by atoms with Gasteiger partial charge in [0.1, 0.15) is 11.9 Å². The first-order valence-electron chi connectivity index (χ1n) is 10.1. The van der Waals surface area contributed by atoms with E-state index in [2.05, 4.69) is 19.2 Å². The summed E-state index contributed by atoms with van der Waals surface area (Å²) < 4.78 is 17.0. The average molecular weight is 406 g/mol. The molecule has 0 fully saturated rings. The molecule has 156 valence electrons. The minimum Gasteiger partial charge on any atom is -0.493 e. The smallest absolute Gasteiger partial charge is 0.258 e. The van der Waals surface area contributed by atoms with Crippen molar-refractivity contribution in [1.29, 1.82) is 0 Å². The number of anilines is 1. The molecular weight excluding hydrogens is 380 g/mol. The highest BCUT2D eigenvalue weighted by atomic mass is 16.5. The number of ether oxygens (including phenoxy) is 2. The third-order valence-corrected chi connectivity index (χ3v) is 5.00. The van der Waals surface area contributed by atoms with Gasteiger partial charge in [-0.15, -0.1) is 0 Å². The van der Waals surface area contributed by atoms with Crippen LogP contribution in [0.1, 0.15) is 41.7 Å². The number of carbonyl (C=O) groups excluding carboxylic acids is 1. The fraction of sp³-hybridized carbons (Fsp3) is 0.292. The summed E-state index contributed by atoms with van der Waals surface area (Å²) >= 11 is 0. The predicted octanol–water partition coefficient (Wildman–Crippen LogP) is 5.09. The van der Waals surface area contributed by atoms with Crippen LogP contribution >= 0.6 is 0 Å². The zero-order valence-electron chi connectivity index (χ0n) is 17.4. The lowest BCUT2D eigenvalue weighted by atomic mass is 10.0. The highest BCUT2D eigenvalue weighted by molar-refractivity contribution is 6.01. The van der Waals surface area contributed by atoms with Gasteiger partial charge in [-0.05, 0) is 47.9 Å². The Kier molecular flexibility index (Phi) is 5.65. The number of rotatable bonds is 7. The summed E-state index contributed by atoms with van der Waals surface area (Å²) in [7, 11) is 1.62. The molecule has 1 aromatic heterocycles. The summed E-state index contributed by atoms with van der Waals surface area (Å²) in [6, 6.07) is 17.0. The molecule has 2 aromatic carbocycles. The summed E-state index contributed by atoms with van der Waals surface area (Å²) in [5.41, 5.74) is 2.36. The van der Waals surface area contributed by atoms with Gasteiger partial charge in [0, 0.05) is 5.69 Å². The molecule has 0 radical (unpaired) electrons. The van der Waals surface area contributed by atoms with Crippen LogP contribution < -0.4 is 14.8 Å². The summed E-state index contributed by atoms with van der Waals surface area (Å²) in [6.45, 7) is 5.13. The molecule has 1 N–H and O–H groups in total. The molecule has 6 heteroatoms. The van der Waals surface area contributed by atoms with Crippen LogP contribution in [-0.4, -0.2) is 24.5 Å². The molecular formula is C24H26N2O4. The molecule has 1 aliphatic rings. The van der Waals surface area contributed by atoms with Crippen LogP contribution in [0.5, 0.6) is 11.5 Å². The summed E-state index contributed by atoms with van der Waals surface area (Å²) in [6.07, 6.45) is 1.25. The molecule has 1 amide bonds. The summed E-state index contributed by atoms with van der Waals surface area (Å²) in [5.74, 6) is 2.38. The second kappa shape index (κ2) is 8.53. The van der Waals surface area contributed by atoms with Crippen molar-refractivity contribution in [2.24, 2.45) is 5.92 Å². The monoisotopic (exact) mass is 406 g/mol. The number of para-hydroxylation sites is 1. The molecule has 4 rings (SSSR count). The minimum atomic E-state index is -0.371. The van der Waals surface area contributed by atoms with Gasteiger partial charge in [-0.2, -0.15) is 0 Å². The zero-order valence-corrected chi connectivity index (χ0v) is 17.4. The van der Waals surface area contributed by atoms with E-state index in [1.54, 1.807) is 18.3 Å². The number of hydrogen-bond donors (Lipinski definition) is 1. The van der Waals surface area contributed by atoms with Crippen molar-refractivity contribution in [2.45, 2.75) is 26.6 Å². The first-order chi connectivity index (χ1) is 14.6. The van der Waals surface area contributed by atoms with Gasteiger partial charge in [-0.25, -0.2) is 0 Å². The van der Waals surface area contributed by atoms with Gasteiger partial charge < -0.3 is 24.1 Å². The summed E-state index contributed by atoms with van der Waals surface area (Å²) in [4.78, 5) is 15.1. The molecule has 0 saturated carbocycles. The summed E-state index contributed by atoms with van der Waals surface area (Å²) in [5, 5.41) is 3.50. The van der Waals surface area contributed by atoms with E-state index in [9.17, 15) is 4.79 Å². The molecule has 1 atom stereocenters. The van der Waals surface area contributed by atoms with Crippen LogP contribution in [0.2, 0.25) is 0 Å². The van der Waals surface area contributed by atoms with Crippen molar-refractivity contribution in [3.8, 4) is 11.5 Å². The molecule has 0 saturated heterocycles. The Morgan fingerprint density at radius 1 is 1.10 bits per heavy atom. The van der Waals surface area contributed by atoms with E-state index in [0.29, 0.717) is 36.1 Å². The fourth-order valence-electron chi connectivity index (χ4n) is 3.52. The van der Waals surface area contributed by atoms with Crippen molar-refractivity contribution < 1.29 is 18.7 Å². The van der Waals surface area contributed by atoms with E-state index >= 15 is 0 Å². The normalized spacial score (nSPS) is 15.7. The van der Waals surface area contributed by atoms with Crippen molar-refractivity contribution in [3.05, 3.63) is 77.7 Å². The third kappa shape index (κ3) is 3.99.